The molecule has 0 heterocycles. The third-order valence-electron chi connectivity index (χ3n) is 3.13. The number of carbonyl (C=O) groups is 1. The minimum atomic E-state index is -0.751. The van der Waals surface area contributed by atoms with Gasteiger partial charge in [0, 0.05) is 12.6 Å². The minimum absolute atomic E-state index is 0.0562. The Morgan fingerprint density at radius 1 is 1.39 bits per heavy atom. The van der Waals surface area contributed by atoms with Gasteiger partial charge in [-0.15, -0.1) is 0 Å². The number of hydrogen-bond donors (Lipinski definition) is 1. The Labute approximate surface area is 108 Å². The first kappa shape index (κ1) is 14.5. The molecule has 0 aliphatic rings. The molecule has 0 saturated heterocycles. The van der Waals surface area contributed by atoms with Crippen LogP contribution in [0.1, 0.15) is 18.9 Å². The molecule has 4 nitrogen and oxygen atoms in total. The third-order valence-corrected chi connectivity index (χ3v) is 3.13. The largest absolute Gasteiger partial charge is 0.497 e. The van der Waals surface area contributed by atoms with Crippen molar-refractivity contribution in [2.24, 2.45) is 0 Å². The predicted molar refractivity (Wildman–Crippen MR) is 71.0 cm³/mol. The quantitative estimate of drug-likeness (QED) is 0.805. The molecular formula is C14H21NO3. The number of likely N-dealkylation sites (N-methyl/N-ethyl adjacent to an activating group) is 1. The maximum Gasteiger partial charge on any atom is 0.304 e. The summed E-state index contributed by atoms with van der Waals surface area (Å²) in [5.41, 5.74) is 1.23. The van der Waals surface area contributed by atoms with Crippen molar-refractivity contribution in [1.82, 2.24) is 4.90 Å². The van der Waals surface area contributed by atoms with E-state index in [4.69, 9.17) is 9.84 Å². The molecule has 0 saturated carbocycles. The first-order valence-electron chi connectivity index (χ1n) is 6.08. The van der Waals surface area contributed by atoms with Crippen molar-refractivity contribution in [2.45, 2.75) is 25.8 Å². The van der Waals surface area contributed by atoms with Gasteiger partial charge in [-0.05, 0) is 38.1 Å². The molecule has 1 aromatic carbocycles. The molecule has 1 unspecified atom stereocenters. The van der Waals surface area contributed by atoms with Crippen molar-refractivity contribution >= 4 is 5.97 Å². The number of benzene rings is 1. The van der Waals surface area contributed by atoms with Crippen LogP contribution in [0.4, 0.5) is 0 Å². The Hall–Kier alpha value is -1.55. The van der Waals surface area contributed by atoms with E-state index in [2.05, 4.69) is 4.90 Å². The fraction of sp³-hybridized carbons (Fsp3) is 0.500. The molecule has 4 heteroatoms. The van der Waals surface area contributed by atoms with Gasteiger partial charge in [0.05, 0.1) is 13.5 Å². The molecule has 0 spiro atoms. The summed E-state index contributed by atoms with van der Waals surface area (Å²) >= 11 is 0. The van der Waals surface area contributed by atoms with Crippen LogP contribution in [0, 0.1) is 0 Å². The summed E-state index contributed by atoms with van der Waals surface area (Å²) in [7, 11) is 3.60. The lowest BCUT2D eigenvalue weighted by atomic mass is 10.1. The average Bonchev–Trinajstić information content (AvgIpc) is 2.35. The summed E-state index contributed by atoms with van der Waals surface area (Å²) in [6.07, 6.45) is 1.09. The summed E-state index contributed by atoms with van der Waals surface area (Å²) in [4.78, 5) is 12.7. The lowest BCUT2D eigenvalue weighted by Gasteiger charge is -2.23. The normalized spacial score (nSPS) is 12.4. The molecule has 0 aliphatic heterocycles. The predicted octanol–water partition coefficient (Wildman–Crippen LogP) is 2.03. The molecule has 0 amide bonds. The standard InChI is InChI=1S/C14H21NO3/c1-11(10-14(16)17)15(2)9-8-12-4-6-13(18-3)7-5-12/h4-7,11H,8-10H2,1-3H3,(H,16,17). The molecule has 0 bridgehead atoms. The molecule has 18 heavy (non-hydrogen) atoms. The number of hydrogen-bond acceptors (Lipinski definition) is 3. The van der Waals surface area contributed by atoms with Crippen LogP contribution in [0.2, 0.25) is 0 Å². The van der Waals surface area contributed by atoms with Crippen LogP contribution in [0.25, 0.3) is 0 Å². The second kappa shape index (κ2) is 7.01. The summed E-state index contributed by atoms with van der Waals surface area (Å²) in [5.74, 6) is 0.102. The molecule has 0 aliphatic carbocycles. The number of carboxylic acid groups (broad SMARTS) is 1. The van der Waals surface area contributed by atoms with Gasteiger partial charge in [-0.25, -0.2) is 0 Å². The summed E-state index contributed by atoms with van der Waals surface area (Å²) in [6, 6.07) is 8.01. The fourth-order valence-corrected chi connectivity index (χ4v) is 1.73. The SMILES string of the molecule is COc1ccc(CCN(C)C(C)CC(=O)O)cc1. The van der Waals surface area contributed by atoms with E-state index in [1.54, 1.807) is 7.11 Å². The van der Waals surface area contributed by atoms with Crippen LogP contribution in [0.3, 0.4) is 0 Å². The Kier molecular flexibility index (Phi) is 5.65. The van der Waals surface area contributed by atoms with Crippen LogP contribution >= 0.6 is 0 Å². The van der Waals surface area contributed by atoms with E-state index in [9.17, 15) is 4.79 Å². The average molecular weight is 251 g/mol. The van der Waals surface area contributed by atoms with Crippen molar-refractivity contribution in [1.29, 1.82) is 0 Å². The van der Waals surface area contributed by atoms with Crippen LogP contribution < -0.4 is 4.74 Å². The lowest BCUT2D eigenvalue weighted by molar-refractivity contribution is -0.138. The van der Waals surface area contributed by atoms with Gasteiger partial charge in [0.25, 0.3) is 0 Å². The van der Waals surface area contributed by atoms with E-state index in [1.807, 2.05) is 38.2 Å². The fourth-order valence-electron chi connectivity index (χ4n) is 1.73. The summed E-state index contributed by atoms with van der Waals surface area (Å²) < 4.78 is 5.10. The van der Waals surface area contributed by atoms with Crippen LogP contribution in [0.15, 0.2) is 24.3 Å². The lowest BCUT2D eigenvalue weighted by Crippen LogP contribution is -2.32. The van der Waals surface area contributed by atoms with Gasteiger partial charge in [0.1, 0.15) is 5.75 Å². The van der Waals surface area contributed by atoms with Crippen molar-refractivity contribution < 1.29 is 14.6 Å². The van der Waals surface area contributed by atoms with Gasteiger partial charge in [0.2, 0.25) is 0 Å². The molecule has 1 rings (SSSR count). The number of ether oxygens (including phenoxy) is 1. The van der Waals surface area contributed by atoms with Gasteiger partial charge < -0.3 is 14.7 Å². The zero-order valence-electron chi connectivity index (χ0n) is 11.2. The highest BCUT2D eigenvalue weighted by Crippen LogP contribution is 2.12. The highest BCUT2D eigenvalue weighted by Gasteiger charge is 2.12. The van der Waals surface area contributed by atoms with Gasteiger partial charge in [-0.3, -0.25) is 4.79 Å². The van der Waals surface area contributed by atoms with Crippen LogP contribution in [-0.2, 0) is 11.2 Å². The van der Waals surface area contributed by atoms with Crippen molar-refractivity contribution in [2.75, 3.05) is 20.7 Å². The highest BCUT2D eigenvalue weighted by atomic mass is 16.5. The van der Waals surface area contributed by atoms with Crippen LogP contribution in [0.5, 0.6) is 5.75 Å². The van der Waals surface area contributed by atoms with E-state index in [0.29, 0.717) is 0 Å². The molecule has 1 aromatic rings. The maximum absolute atomic E-state index is 10.6. The van der Waals surface area contributed by atoms with Gasteiger partial charge in [-0.2, -0.15) is 0 Å². The zero-order valence-corrected chi connectivity index (χ0v) is 11.2. The van der Waals surface area contributed by atoms with E-state index in [0.717, 1.165) is 18.7 Å². The van der Waals surface area contributed by atoms with E-state index in [1.165, 1.54) is 5.56 Å². The molecule has 0 fully saturated rings. The van der Waals surface area contributed by atoms with Crippen molar-refractivity contribution in [3.63, 3.8) is 0 Å². The van der Waals surface area contributed by atoms with Crippen LogP contribution in [-0.4, -0.2) is 42.7 Å². The third kappa shape index (κ3) is 4.75. The molecular weight excluding hydrogens is 230 g/mol. The molecule has 1 N–H and O–H groups in total. The van der Waals surface area contributed by atoms with E-state index >= 15 is 0 Å². The smallest absolute Gasteiger partial charge is 0.304 e. The number of carboxylic acids is 1. The topological polar surface area (TPSA) is 49.8 Å². The maximum atomic E-state index is 10.6. The molecule has 0 aromatic heterocycles. The first-order chi connectivity index (χ1) is 8.52. The van der Waals surface area contributed by atoms with Gasteiger partial charge in [-0.1, -0.05) is 12.1 Å². The van der Waals surface area contributed by atoms with Crippen molar-refractivity contribution in [3.8, 4) is 5.75 Å². The summed E-state index contributed by atoms with van der Waals surface area (Å²) in [6.45, 7) is 2.78. The Morgan fingerprint density at radius 3 is 2.50 bits per heavy atom. The molecule has 1 atom stereocenters. The monoisotopic (exact) mass is 251 g/mol. The number of aliphatic carboxylic acids is 1. The second-order valence-electron chi connectivity index (χ2n) is 4.53. The summed E-state index contributed by atoms with van der Waals surface area (Å²) in [5, 5.41) is 8.74. The van der Waals surface area contributed by atoms with E-state index < -0.39 is 5.97 Å². The second-order valence-corrected chi connectivity index (χ2v) is 4.53. The number of nitrogens with zero attached hydrogens (tertiary/aromatic N) is 1. The van der Waals surface area contributed by atoms with Crippen molar-refractivity contribution in [3.05, 3.63) is 29.8 Å². The Balaban J connectivity index is 2.41. The minimum Gasteiger partial charge on any atom is -0.497 e. The Morgan fingerprint density at radius 2 is 2.00 bits per heavy atom. The first-order valence-corrected chi connectivity index (χ1v) is 6.08. The number of methoxy groups -OCH3 is 1. The van der Waals surface area contributed by atoms with E-state index in [-0.39, 0.29) is 12.5 Å². The molecule has 100 valence electrons. The molecule has 0 radical (unpaired) electrons. The van der Waals surface area contributed by atoms with Gasteiger partial charge in [0.15, 0.2) is 0 Å². The van der Waals surface area contributed by atoms with Gasteiger partial charge >= 0.3 is 5.97 Å². The zero-order chi connectivity index (χ0) is 13.5. The highest BCUT2D eigenvalue weighted by molar-refractivity contribution is 5.67. The number of rotatable bonds is 7. The Bertz CT molecular complexity index is 375.